The first-order valence-corrected chi connectivity index (χ1v) is 5.96. The molecule has 0 radical (unpaired) electrons. The molecule has 1 heterocycles. The standard InChI is InChI=1S/C10H16BrN3/c1-7-2-4-8(5-3-7)14-6-9(11)10(12)13-14/h6-8H,2-5H2,1H3,(H2,12,13). The van der Waals surface area contributed by atoms with Crippen molar-refractivity contribution in [2.24, 2.45) is 5.92 Å². The van der Waals surface area contributed by atoms with E-state index in [9.17, 15) is 0 Å². The smallest absolute Gasteiger partial charge is 0.159 e. The molecule has 78 valence electrons. The molecule has 14 heavy (non-hydrogen) atoms. The van der Waals surface area contributed by atoms with Crippen LogP contribution in [0.15, 0.2) is 10.7 Å². The molecule has 2 N–H and O–H groups in total. The summed E-state index contributed by atoms with van der Waals surface area (Å²) in [6, 6.07) is 0.555. The van der Waals surface area contributed by atoms with Crippen LogP contribution in [0.5, 0.6) is 0 Å². The van der Waals surface area contributed by atoms with Gasteiger partial charge in [0.1, 0.15) is 0 Å². The van der Waals surface area contributed by atoms with Crippen LogP contribution in [-0.4, -0.2) is 9.78 Å². The summed E-state index contributed by atoms with van der Waals surface area (Å²) in [6.07, 6.45) is 7.07. The molecule has 0 atom stereocenters. The minimum absolute atomic E-state index is 0.555. The van der Waals surface area contributed by atoms with Gasteiger partial charge in [0.25, 0.3) is 0 Å². The quantitative estimate of drug-likeness (QED) is 0.841. The molecule has 3 nitrogen and oxygen atoms in total. The summed E-state index contributed by atoms with van der Waals surface area (Å²) in [4.78, 5) is 0. The van der Waals surface area contributed by atoms with Crippen molar-refractivity contribution in [1.29, 1.82) is 0 Å². The van der Waals surface area contributed by atoms with E-state index in [1.165, 1.54) is 25.7 Å². The van der Waals surface area contributed by atoms with Crippen LogP contribution >= 0.6 is 15.9 Å². The lowest BCUT2D eigenvalue weighted by molar-refractivity contribution is 0.274. The molecule has 1 saturated carbocycles. The van der Waals surface area contributed by atoms with Gasteiger partial charge in [-0.3, -0.25) is 4.68 Å². The molecule has 1 aromatic heterocycles. The second-order valence-corrected chi connectivity index (χ2v) is 5.11. The van der Waals surface area contributed by atoms with Crippen molar-refractivity contribution in [3.63, 3.8) is 0 Å². The van der Waals surface area contributed by atoms with E-state index in [2.05, 4.69) is 28.0 Å². The van der Waals surface area contributed by atoms with Gasteiger partial charge < -0.3 is 5.73 Å². The fourth-order valence-electron chi connectivity index (χ4n) is 2.08. The van der Waals surface area contributed by atoms with Crippen LogP contribution in [0.1, 0.15) is 38.6 Å². The third kappa shape index (κ3) is 1.95. The predicted octanol–water partition coefficient (Wildman–Crippen LogP) is 2.98. The maximum Gasteiger partial charge on any atom is 0.159 e. The van der Waals surface area contributed by atoms with E-state index < -0.39 is 0 Å². The Balaban J connectivity index is 2.08. The highest BCUT2D eigenvalue weighted by atomic mass is 79.9. The largest absolute Gasteiger partial charge is 0.381 e. The molecule has 1 aliphatic rings. The molecular weight excluding hydrogens is 242 g/mol. The van der Waals surface area contributed by atoms with Crippen molar-refractivity contribution in [1.82, 2.24) is 9.78 Å². The summed E-state index contributed by atoms with van der Waals surface area (Å²) < 4.78 is 2.93. The highest BCUT2D eigenvalue weighted by molar-refractivity contribution is 9.10. The highest BCUT2D eigenvalue weighted by Gasteiger charge is 2.20. The molecule has 0 amide bonds. The Morgan fingerprint density at radius 2 is 2.07 bits per heavy atom. The minimum Gasteiger partial charge on any atom is -0.381 e. The molecule has 0 spiro atoms. The maximum atomic E-state index is 5.70. The molecule has 1 aliphatic carbocycles. The first-order valence-electron chi connectivity index (χ1n) is 5.17. The lowest BCUT2D eigenvalue weighted by atomic mass is 9.87. The zero-order chi connectivity index (χ0) is 10.1. The molecule has 0 bridgehead atoms. The lowest BCUT2D eigenvalue weighted by Crippen LogP contribution is -2.17. The summed E-state index contributed by atoms with van der Waals surface area (Å²) in [5.74, 6) is 1.48. The van der Waals surface area contributed by atoms with Crippen molar-refractivity contribution in [3.8, 4) is 0 Å². The van der Waals surface area contributed by atoms with Crippen LogP contribution in [0.25, 0.3) is 0 Å². The lowest BCUT2D eigenvalue weighted by Gasteiger charge is -2.26. The van der Waals surface area contributed by atoms with Crippen molar-refractivity contribution in [2.45, 2.75) is 38.6 Å². The number of hydrogen-bond donors (Lipinski definition) is 1. The van der Waals surface area contributed by atoms with E-state index in [0.29, 0.717) is 11.9 Å². The minimum atomic E-state index is 0.555. The van der Waals surface area contributed by atoms with Gasteiger partial charge in [0.15, 0.2) is 5.82 Å². The Labute approximate surface area is 92.8 Å². The van der Waals surface area contributed by atoms with Crippen LogP contribution in [0.3, 0.4) is 0 Å². The normalized spacial score (nSPS) is 27.9. The van der Waals surface area contributed by atoms with Crippen molar-refractivity contribution < 1.29 is 0 Å². The SMILES string of the molecule is CC1CCC(n2cc(Br)c(N)n2)CC1. The van der Waals surface area contributed by atoms with Gasteiger partial charge >= 0.3 is 0 Å². The maximum absolute atomic E-state index is 5.70. The summed E-state index contributed by atoms with van der Waals surface area (Å²) >= 11 is 3.39. The summed E-state index contributed by atoms with van der Waals surface area (Å²) in [5.41, 5.74) is 5.70. The Bertz CT molecular complexity index is 294. The molecule has 2 rings (SSSR count). The van der Waals surface area contributed by atoms with Gasteiger partial charge in [0, 0.05) is 6.20 Å². The van der Waals surface area contributed by atoms with Crippen LogP contribution < -0.4 is 5.73 Å². The molecule has 0 aromatic carbocycles. The van der Waals surface area contributed by atoms with Crippen LogP contribution in [0, 0.1) is 5.92 Å². The topological polar surface area (TPSA) is 43.8 Å². The molecular formula is C10H16BrN3. The van der Waals surface area contributed by atoms with Gasteiger partial charge in [0.2, 0.25) is 0 Å². The number of hydrogen-bond acceptors (Lipinski definition) is 2. The van der Waals surface area contributed by atoms with E-state index in [1.54, 1.807) is 0 Å². The predicted molar refractivity (Wildman–Crippen MR) is 61.0 cm³/mol. The number of rotatable bonds is 1. The summed E-state index contributed by atoms with van der Waals surface area (Å²) in [7, 11) is 0. The Hall–Kier alpha value is -0.510. The fraction of sp³-hybridized carbons (Fsp3) is 0.700. The van der Waals surface area contributed by atoms with Gasteiger partial charge in [-0.05, 0) is 47.5 Å². The molecule has 0 aliphatic heterocycles. The van der Waals surface area contributed by atoms with Gasteiger partial charge in [-0.25, -0.2) is 0 Å². The average molecular weight is 258 g/mol. The van der Waals surface area contributed by atoms with E-state index in [4.69, 9.17) is 5.73 Å². The summed E-state index contributed by atoms with van der Waals surface area (Å²) in [6.45, 7) is 2.32. The van der Waals surface area contributed by atoms with Crippen molar-refractivity contribution >= 4 is 21.7 Å². The molecule has 1 fully saturated rings. The van der Waals surface area contributed by atoms with Crippen LogP contribution in [-0.2, 0) is 0 Å². The van der Waals surface area contributed by atoms with Crippen LogP contribution in [0.2, 0.25) is 0 Å². The number of anilines is 1. The second kappa shape index (κ2) is 3.93. The first kappa shape index (κ1) is 10.0. The van der Waals surface area contributed by atoms with E-state index >= 15 is 0 Å². The first-order chi connectivity index (χ1) is 6.66. The van der Waals surface area contributed by atoms with E-state index in [-0.39, 0.29) is 0 Å². The Kier molecular flexibility index (Phi) is 2.81. The van der Waals surface area contributed by atoms with Gasteiger partial charge in [-0.2, -0.15) is 5.10 Å². The average Bonchev–Trinajstić information content (AvgIpc) is 2.48. The second-order valence-electron chi connectivity index (χ2n) is 4.26. The number of nitrogens with zero attached hydrogens (tertiary/aromatic N) is 2. The van der Waals surface area contributed by atoms with Crippen LogP contribution in [0.4, 0.5) is 5.82 Å². The number of aromatic nitrogens is 2. The van der Waals surface area contributed by atoms with Gasteiger partial charge in [0.05, 0.1) is 10.5 Å². The number of halogens is 1. The monoisotopic (exact) mass is 257 g/mol. The molecule has 0 unspecified atom stereocenters. The third-order valence-electron chi connectivity index (χ3n) is 3.07. The van der Waals surface area contributed by atoms with Crippen molar-refractivity contribution in [3.05, 3.63) is 10.7 Å². The van der Waals surface area contributed by atoms with Gasteiger partial charge in [-0.15, -0.1) is 0 Å². The third-order valence-corrected chi connectivity index (χ3v) is 3.68. The number of nitrogen functional groups attached to an aromatic ring is 1. The van der Waals surface area contributed by atoms with Gasteiger partial charge in [-0.1, -0.05) is 6.92 Å². The zero-order valence-corrected chi connectivity index (χ0v) is 10.00. The fourth-order valence-corrected chi connectivity index (χ4v) is 2.37. The summed E-state index contributed by atoms with van der Waals surface area (Å²) in [5, 5.41) is 4.31. The molecule has 4 heteroatoms. The Morgan fingerprint density at radius 1 is 1.43 bits per heavy atom. The molecule has 0 saturated heterocycles. The zero-order valence-electron chi connectivity index (χ0n) is 8.41. The number of nitrogens with two attached hydrogens (primary N) is 1. The van der Waals surface area contributed by atoms with Crippen molar-refractivity contribution in [2.75, 3.05) is 5.73 Å². The Morgan fingerprint density at radius 3 is 2.57 bits per heavy atom. The van der Waals surface area contributed by atoms with E-state index in [1.807, 2.05) is 10.9 Å². The molecule has 1 aromatic rings. The highest BCUT2D eigenvalue weighted by Crippen LogP contribution is 2.32. The van der Waals surface area contributed by atoms with E-state index in [0.717, 1.165) is 10.4 Å².